The van der Waals surface area contributed by atoms with Gasteiger partial charge in [0, 0.05) is 36.3 Å². The van der Waals surface area contributed by atoms with Crippen molar-refractivity contribution in [3.8, 4) is 11.5 Å². The Morgan fingerprint density at radius 3 is 2.33 bits per heavy atom. The number of hydrogen-bond acceptors (Lipinski definition) is 6. The molecule has 7 heteroatoms. The molecule has 1 aromatic heterocycles. The van der Waals surface area contributed by atoms with Crippen molar-refractivity contribution in [3.63, 3.8) is 0 Å². The average molecular weight is 500 g/mol. The molecule has 0 aliphatic rings. The fourth-order valence-electron chi connectivity index (χ4n) is 4.02. The highest BCUT2D eigenvalue weighted by atomic mass is 32.1. The van der Waals surface area contributed by atoms with Crippen molar-refractivity contribution in [3.05, 3.63) is 95.7 Å². The molecule has 0 atom stereocenters. The third kappa shape index (κ3) is 6.65. The number of carbonyl (C=O) groups excluding carboxylic acids is 1. The number of nitrogens with one attached hydrogen (secondary N) is 2. The van der Waals surface area contributed by atoms with Gasteiger partial charge in [-0.2, -0.15) is 0 Å². The van der Waals surface area contributed by atoms with E-state index in [4.69, 9.17) is 21.7 Å². The minimum absolute atomic E-state index is 0.132. The Morgan fingerprint density at radius 2 is 1.61 bits per heavy atom. The van der Waals surface area contributed by atoms with Crippen LogP contribution in [0.5, 0.6) is 11.5 Å². The number of rotatable bonds is 11. The van der Waals surface area contributed by atoms with E-state index >= 15 is 0 Å². The molecule has 0 aliphatic carbocycles. The van der Waals surface area contributed by atoms with Gasteiger partial charge in [0.1, 0.15) is 0 Å². The molecule has 0 unspecified atom stereocenters. The zero-order valence-electron chi connectivity index (χ0n) is 20.4. The van der Waals surface area contributed by atoms with E-state index in [0.717, 1.165) is 34.1 Å². The molecule has 36 heavy (non-hydrogen) atoms. The van der Waals surface area contributed by atoms with Crippen LogP contribution in [0, 0.1) is 0 Å². The summed E-state index contributed by atoms with van der Waals surface area (Å²) >= 11 is 5.44. The first-order valence-electron chi connectivity index (χ1n) is 11.7. The molecular weight excluding hydrogens is 470 g/mol. The second-order valence-corrected chi connectivity index (χ2v) is 8.91. The topological polar surface area (TPSA) is 72.5 Å². The molecule has 1 heterocycles. The van der Waals surface area contributed by atoms with Crippen LogP contribution in [0.3, 0.4) is 0 Å². The maximum atomic E-state index is 12.1. The lowest BCUT2D eigenvalue weighted by Crippen LogP contribution is -2.31. The summed E-state index contributed by atoms with van der Waals surface area (Å²) in [5.41, 5.74) is 5.11. The van der Waals surface area contributed by atoms with Gasteiger partial charge in [-0.25, -0.2) is 0 Å². The molecule has 6 nitrogen and oxygen atoms in total. The molecule has 4 aromatic rings. The molecule has 0 spiro atoms. The Balaban J connectivity index is 1.31. The lowest BCUT2D eigenvalue weighted by Gasteiger charge is -2.12. The lowest BCUT2D eigenvalue weighted by molar-refractivity contribution is -0.117. The van der Waals surface area contributed by atoms with Crippen LogP contribution in [0.4, 0.5) is 5.69 Å². The predicted molar refractivity (Wildman–Crippen MR) is 148 cm³/mol. The van der Waals surface area contributed by atoms with E-state index in [-0.39, 0.29) is 12.3 Å². The van der Waals surface area contributed by atoms with Crippen LogP contribution in [-0.4, -0.2) is 43.1 Å². The largest absolute Gasteiger partial charge is 0.493 e. The number of benzene rings is 3. The highest BCUT2D eigenvalue weighted by Crippen LogP contribution is 2.33. The van der Waals surface area contributed by atoms with Gasteiger partial charge in [0.25, 0.3) is 0 Å². The second kappa shape index (κ2) is 12.2. The third-order valence-corrected chi connectivity index (χ3v) is 6.07. The van der Waals surface area contributed by atoms with Gasteiger partial charge in [0.05, 0.1) is 31.3 Å². The van der Waals surface area contributed by atoms with Crippen molar-refractivity contribution >= 4 is 39.6 Å². The number of ketones is 1. The van der Waals surface area contributed by atoms with Crippen molar-refractivity contribution in [1.82, 2.24) is 10.3 Å². The zero-order chi connectivity index (χ0) is 25.3. The van der Waals surface area contributed by atoms with Gasteiger partial charge in [-0.1, -0.05) is 54.7 Å². The molecule has 4 rings (SSSR count). The Labute approximate surface area is 216 Å². The van der Waals surface area contributed by atoms with Gasteiger partial charge in [-0.05, 0) is 47.4 Å². The molecular formula is C29H29N3O3S. The number of anilines is 1. The summed E-state index contributed by atoms with van der Waals surface area (Å²) in [6.45, 7) is 0.720. The second-order valence-electron chi connectivity index (χ2n) is 8.42. The number of thiocarbonyl (C=S) groups is 1. The lowest BCUT2D eigenvalue weighted by atomic mass is 10.0. The summed E-state index contributed by atoms with van der Waals surface area (Å²) < 4.78 is 10.9. The van der Waals surface area contributed by atoms with Crippen LogP contribution in [0.25, 0.3) is 10.9 Å². The summed E-state index contributed by atoms with van der Waals surface area (Å²) in [6.07, 6.45) is 2.99. The van der Waals surface area contributed by atoms with Crippen molar-refractivity contribution < 1.29 is 14.3 Å². The molecule has 0 amide bonds. The number of methoxy groups -OCH3 is 2. The highest BCUT2D eigenvalue weighted by Gasteiger charge is 2.11. The maximum Gasteiger partial charge on any atom is 0.162 e. The van der Waals surface area contributed by atoms with E-state index in [0.29, 0.717) is 29.5 Å². The van der Waals surface area contributed by atoms with Gasteiger partial charge < -0.3 is 20.1 Å². The van der Waals surface area contributed by atoms with Crippen LogP contribution in [0.2, 0.25) is 0 Å². The fraction of sp³-hybridized carbons (Fsp3) is 0.207. The molecule has 0 saturated carbocycles. The molecule has 0 radical (unpaired) electrons. The Kier molecular flexibility index (Phi) is 8.60. The van der Waals surface area contributed by atoms with E-state index in [1.54, 1.807) is 14.2 Å². The highest BCUT2D eigenvalue weighted by molar-refractivity contribution is 7.80. The first-order chi connectivity index (χ1) is 17.6. The molecule has 0 aliphatic heterocycles. The van der Waals surface area contributed by atoms with Gasteiger partial charge in [0.2, 0.25) is 0 Å². The van der Waals surface area contributed by atoms with Crippen LogP contribution in [-0.2, 0) is 17.6 Å². The Morgan fingerprint density at radius 1 is 0.889 bits per heavy atom. The number of pyridine rings is 1. The molecule has 3 aromatic carbocycles. The van der Waals surface area contributed by atoms with Gasteiger partial charge >= 0.3 is 0 Å². The molecule has 2 N–H and O–H groups in total. The Hall–Kier alpha value is -3.81. The SMILES string of the molecule is COc1cc2nccc(Cc3ccc(NC(=S)CNCC(=O)Cc4ccccc4)cc3)c2cc1OC. The van der Waals surface area contributed by atoms with Crippen molar-refractivity contribution in [2.45, 2.75) is 12.8 Å². The fourth-order valence-corrected chi connectivity index (χ4v) is 4.24. The van der Waals surface area contributed by atoms with E-state index in [9.17, 15) is 4.79 Å². The number of carbonyl (C=O) groups is 1. The minimum Gasteiger partial charge on any atom is -0.493 e. The van der Waals surface area contributed by atoms with Gasteiger partial charge in [-0.15, -0.1) is 0 Å². The number of nitrogens with zero attached hydrogens (tertiary/aromatic N) is 1. The summed E-state index contributed by atoms with van der Waals surface area (Å²) in [5, 5.41) is 7.39. The van der Waals surface area contributed by atoms with Gasteiger partial charge in [0.15, 0.2) is 17.3 Å². The van der Waals surface area contributed by atoms with E-state index < -0.39 is 0 Å². The van der Waals surface area contributed by atoms with E-state index in [1.807, 2.05) is 66.9 Å². The normalized spacial score (nSPS) is 10.7. The van der Waals surface area contributed by atoms with Crippen molar-refractivity contribution in [2.75, 3.05) is 32.6 Å². The molecule has 184 valence electrons. The van der Waals surface area contributed by atoms with Gasteiger partial charge in [-0.3, -0.25) is 9.78 Å². The monoisotopic (exact) mass is 499 g/mol. The third-order valence-electron chi connectivity index (χ3n) is 5.82. The number of Topliss-reactive ketones (excluding diaryl/α,β-unsaturated/α-hetero) is 1. The smallest absolute Gasteiger partial charge is 0.162 e. The number of aromatic nitrogens is 1. The quantitative estimate of drug-likeness (QED) is 0.282. The molecule has 0 saturated heterocycles. The standard InChI is InChI=1S/C29H29N3O3S/c1-34-27-16-25-22(12-13-31-26(25)17-28(27)35-2)14-21-8-10-23(11-9-21)32-29(36)19-30-18-24(33)15-20-6-4-3-5-7-20/h3-13,16-17,30H,14-15,18-19H2,1-2H3,(H,32,36). The summed E-state index contributed by atoms with van der Waals surface area (Å²) in [5.74, 6) is 1.48. The average Bonchev–Trinajstić information content (AvgIpc) is 2.89. The minimum atomic E-state index is 0.132. The zero-order valence-corrected chi connectivity index (χ0v) is 21.2. The van der Waals surface area contributed by atoms with Crippen LogP contribution >= 0.6 is 12.2 Å². The maximum absolute atomic E-state index is 12.1. The molecule has 0 bridgehead atoms. The number of hydrogen-bond donors (Lipinski definition) is 2. The van der Waals surface area contributed by atoms with E-state index in [1.165, 1.54) is 5.56 Å². The first-order valence-corrected chi connectivity index (χ1v) is 12.1. The molecule has 0 fully saturated rings. The van der Waals surface area contributed by atoms with Crippen LogP contribution < -0.4 is 20.1 Å². The van der Waals surface area contributed by atoms with Crippen LogP contribution in [0.1, 0.15) is 16.7 Å². The number of ether oxygens (including phenoxy) is 2. The van der Waals surface area contributed by atoms with Crippen LogP contribution in [0.15, 0.2) is 79.0 Å². The first kappa shape index (κ1) is 25.3. The van der Waals surface area contributed by atoms with E-state index in [2.05, 4.69) is 27.8 Å². The predicted octanol–water partition coefficient (Wildman–Crippen LogP) is 4.98. The van der Waals surface area contributed by atoms with Crippen molar-refractivity contribution in [2.24, 2.45) is 0 Å². The van der Waals surface area contributed by atoms with Crippen molar-refractivity contribution in [1.29, 1.82) is 0 Å². The summed E-state index contributed by atoms with van der Waals surface area (Å²) in [4.78, 5) is 17.3. The summed E-state index contributed by atoms with van der Waals surface area (Å²) in [7, 11) is 3.25. The Bertz CT molecular complexity index is 1340. The summed E-state index contributed by atoms with van der Waals surface area (Å²) in [6, 6.07) is 23.8. The number of fused-ring (bicyclic) bond motifs is 1.